The zero-order chi connectivity index (χ0) is 25.2. The molecule has 4 rings (SSSR count). The first-order valence-corrected chi connectivity index (χ1v) is 13.2. The van der Waals surface area contributed by atoms with Crippen LogP contribution in [0.15, 0.2) is 91.5 Å². The van der Waals surface area contributed by atoms with Gasteiger partial charge in [0, 0.05) is 16.5 Å². The van der Waals surface area contributed by atoms with E-state index in [0.29, 0.717) is 11.8 Å². The molecular weight excluding hydrogens is 439 g/mol. The summed E-state index contributed by atoms with van der Waals surface area (Å²) in [5.74, 6) is 6.38. The molecule has 0 aliphatic heterocycles. The number of hydrogen-bond acceptors (Lipinski definition) is 0. The molecule has 0 spiro atoms. The molecule has 182 valence electrons. The summed E-state index contributed by atoms with van der Waals surface area (Å²) in [6.45, 7) is 6.01. The van der Waals surface area contributed by atoms with Gasteiger partial charge in [-0.3, -0.25) is 0 Å². The number of unbranched alkanes of at least 4 members (excludes halogenated alkanes) is 2. The molecule has 0 radical (unpaired) electrons. The van der Waals surface area contributed by atoms with Crippen LogP contribution in [0, 0.1) is 17.7 Å². The van der Waals surface area contributed by atoms with Gasteiger partial charge in [-0.25, -0.2) is 4.39 Å². The van der Waals surface area contributed by atoms with E-state index >= 15 is 4.39 Å². The maximum Gasteiger partial charge on any atom is 0.134 e. The van der Waals surface area contributed by atoms with Gasteiger partial charge in [-0.1, -0.05) is 92.3 Å². The van der Waals surface area contributed by atoms with Gasteiger partial charge < -0.3 is 0 Å². The third kappa shape index (κ3) is 6.96. The van der Waals surface area contributed by atoms with Crippen LogP contribution < -0.4 is 0 Å². The van der Waals surface area contributed by atoms with Crippen molar-refractivity contribution in [2.24, 2.45) is 0 Å². The Kier molecular flexibility index (Phi) is 9.12. The van der Waals surface area contributed by atoms with Gasteiger partial charge in [-0.15, -0.1) is 6.58 Å². The molecule has 4 aromatic carbocycles. The maximum atomic E-state index is 15.3. The minimum Gasteiger partial charge on any atom is -0.206 e. The monoisotopic (exact) mass is 474 g/mol. The van der Waals surface area contributed by atoms with Gasteiger partial charge in [0.25, 0.3) is 0 Å². The average Bonchev–Trinajstić information content (AvgIpc) is 2.92. The van der Waals surface area contributed by atoms with Gasteiger partial charge in [0.15, 0.2) is 0 Å². The number of fused-ring (bicyclic) bond motifs is 1. The van der Waals surface area contributed by atoms with Crippen LogP contribution in [0.5, 0.6) is 0 Å². The Morgan fingerprint density at radius 1 is 0.694 bits per heavy atom. The quantitative estimate of drug-likeness (QED) is 0.122. The topological polar surface area (TPSA) is 0 Å². The molecular formula is C35H35F. The van der Waals surface area contributed by atoms with Crippen molar-refractivity contribution in [3.63, 3.8) is 0 Å². The number of aryl methyl sites for hydroxylation is 4. The van der Waals surface area contributed by atoms with Gasteiger partial charge in [-0.05, 0) is 90.4 Å². The van der Waals surface area contributed by atoms with Crippen LogP contribution in [0.25, 0.3) is 10.8 Å². The molecule has 0 fully saturated rings. The second-order valence-corrected chi connectivity index (χ2v) is 9.52. The van der Waals surface area contributed by atoms with E-state index in [1.54, 1.807) is 0 Å². The summed E-state index contributed by atoms with van der Waals surface area (Å²) in [4.78, 5) is 0. The summed E-state index contributed by atoms with van der Waals surface area (Å²) in [5, 5.41) is 1.55. The molecule has 0 bridgehead atoms. The molecule has 0 saturated heterocycles. The molecule has 0 saturated carbocycles. The number of halogens is 1. The molecule has 0 atom stereocenters. The van der Waals surface area contributed by atoms with Crippen molar-refractivity contribution in [3.8, 4) is 11.8 Å². The Bertz CT molecular complexity index is 1350. The van der Waals surface area contributed by atoms with E-state index in [9.17, 15) is 0 Å². The molecule has 0 unspecified atom stereocenters. The van der Waals surface area contributed by atoms with Crippen molar-refractivity contribution in [2.75, 3.05) is 0 Å². The summed E-state index contributed by atoms with van der Waals surface area (Å²) < 4.78 is 15.3. The molecule has 0 aromatic heterocycles. The fraction of sp³-hybridized carbons (Fsp3) is 0.257. The Labute approximate surface area is 215 Å². The van der Waals surface area contributed by atoms with E-state index in [4.69, 9.17) is 0 Å². The predicted molar refractivity (Wildman–Crippen MR) is 152 cm³/mol. The summed E-state index contributed by atoms with van der Waals surface area (Å²) in [6, 6.07) is 26.9. The van der Waals surface area contributed by atoms with E-state index in [0.717, 1.165) is 47.8 Å². The van der Waals surface area contributed by atoms with Crippen LogP contribution in [0.2, 0.25) is 0 Å². The van der Waals surface area contributed by atoms with E-state index in [1.165, 1.54) is 36.0 Å². The third-order valence-corrected chi connectivity index (χ3v) is 6.75. The normalized spacial score (nSPS) is 10.7. The average molecular weight is 475 g/mol. The molecule has 36 heavy (non-hydrogen) atoms. The van der Waals surface area contributed by atoms with Crippen LogP contribution in [0.1, 0.15) is 66.0 Å². The third-order valence-electron chi connectivity index (χ3n) is 6.75. The lowest BCUT2D eigenvalue weighted by Crippen LogP contribution is -1.96. The molecule has 0 N–H and O–H groups in total. The molecule has 0 aliphatic rings. The lowest BCUT2D eigenvalue weighted by atomic mass is 9.98. The van der Waals surface area contributed by atoms with Crippen molar-refractivity contribution in [2.45, 2.75) is 58.3 Å². The summed E-state index contributed by atoms with van der Waals surface area (Å²) in [5.41, 5.74) is 6.58. The smallest absolute Gasteiger partial charge is 0.134 e. The number of benzene rings is 4. The lowest BCUT2D eigenvalue weighted by Gasteiger charge is -2.08. The highest BCUT2D eigenvalue weighted by Gasteiger charge is 2.08. The number of allylic oxidation sites excluding steroid dienone is 1. The summed E-state index contributed by atoms with van der Waals surface area (Å²) in [7, 11) is 0. The van der Waals surface area contributed by atoms with Crippen molar-refractivity contribution in [1.29, 1.82) is 0 Å². The Hall–Kier alpha value is -3.63. The van der Waals surface area contributed by atoms with Crippen LogP contribution in [0.4, 0.5) is 4.39 Å². The molecule has 4 aromatic rings. The predicted octanol–water partition coefficient (Wildman–Crippen LogP) is 9.02. The summed E-state index contributed by atoms with van der Waals surface area (Å²) >= 11 is 0. The maximum absolute atomic E-state index is 15.3. The van der Waals surface area contributed by atoms with Crippen LogP contribution in [-0.4, -0.2) is 0 Å². The molecule has 0 aliphatic carbocycles. The zero-order valence-corrected chi connectivity index (χ0v) is 21.3. The number of rotatable bonds is 10. The standard InChI is InChI=1S/C35H35F/c1-3-5-7-9-28-12-14-29(15-13-28)18-19-31-21-25-34-33(26-31)24-23-32(35(34)36)22-20-30-16-10-27(11-17-30)8-6-4-2/h4,10-17,21,23-26H,2-3,5-9,20,22H2,1H3. The van der Waals surface area contributed by atoms with Crippen molar-refractivity contribution >= 4 is 10.8 Å². The highest BCUT2D eigenvalue weighted by Crippen LogP contribution is 2.24. The number of hydrogen-bond donors (Lipinski definition) is 0. The Morgan fingerprint density at radius 2 is 1.33 bits per heavy atom. The highest BCUT2D eigenvalue weighted by atomic mass is 19.1. The van der Waals surface area contributed by atoms with Crippen LogP contribution in [0.3, 0.4) is 0 Å². The molecule has 1 heteroatoms. The van der Waals surface area contributed by atoms with E-state index in [1.807, 2.05) is 36.4 Å². The first kappa shape index (κ1) is 25.5. The second kappa shape index (κ2) is 12.9. The van der Waals surface area contributed by atoms with Gasteiger partial charge in [0.05, 0.1) is 0 Å². The first-order chi connectivity index (χ1) is 17.7. The second-order valence-electron chi connectivity index (χ2n) is 9.52. The van der Waals surface area contributed by atoms with Gasteiger partial charge in [0.2, 0.25) is 0 Å². The highest BCUT2D eigenvalue weighted by molar-refractivity contribution is 5.85. The van der Waals surface area contributed by atoms with Crippen molar-refractivity contribution in [3.05, 3.63) is 131 Å². The minimum absolute atomic E-state index is 0.117. The fourth-order valence-corrected chi connectivity index (χ4v) is 4.51. The van der Waals surface area contributed by atoms with Gasteiger partial charge in [-0.2, -0.15) is 0 Å². The lowest BCUT2D eigenvalue weighted by molar-refractivity contribution is 0.620. The van der Waals surface area contributed by atoms with Crippen molar-refractivity contribution in [1.82, 2.24) is 0 Å². The fourth-order valence-electron chi connectivity index (χ4n) is 4.51. The van der Waals surface area contributed by atoms with E-state index in [2.05, 4.69) is 73.9 Å². The van der Waals surface area contributed by atoms with Gasteiger partial charge >= 0.3 is 0 Å². The first-order valence-electron chi connectivity index (χ1n) is 13.2. The van der Waals surface area contributed by atoms with Crippen molar-refractivity contribution < 1.29 is 4.39 Å². The largest absolute Gasteiger partial charge is 0.206 e. The zero-order valence-electron chi connectivity index (χ0n) is 21.3. The SMILES string of the molecule is C=CCCc1ccc(CCc2ccc3cc(C#Cc4ccc(CCCCC)cc4)ccc3c2F)cc1. The van der Waals surface area contributed by atoms with E-state index in [-0.39, 0.29) is 5.82 Å². The minimum atomic E-state index is -0.117. The molecule has 0 amide bonds. The van der Waals surface area contributed by atoms with Gasteiger partial charge in [0.1, 0.15) is 5.82 Å². The van der Waals surface area contributed by atoms with E-state index < -0.39 is 0 Å². The molecule has 0 heterocycles. The Morgan fingerprint density at radius 3 is 2.06 bits per heavy atom. The summed E-state index contributed by atoms with van der Waals surface area (Å²) in [6.07, 6.45) is 10.3. The Balaban J connectivity index is 1.41. The van der Waals surface area contributed by atoms with Crippen LogP contribution in [-0.2, 0) is 25.7 Å². The molecule has 0 nitrogen and oxygen atoms in total. The van der Waals surface area contributed by atoms with Crippen LogP contribution >= 0.6 is 0 Å².